The summed E-state index contributed by atoms with van der Waals surface area (Å²) in [7, 11) is 0. The third kappa shape index (κ3) is 2.93. The molecular formula is C13H20N2O2. The van der Waals surface area contributed by atoms with Gasteiger partial charge < -0.3 is 4.52 Å². The maximum Gasteiger partial charge on any atom is 0.294 e. The molecule has 0 aliphatic heterocycles. The van der Waals surface area contributed by atoms with E-state index in [1.807, 2.05) is 0 Å². The van der Waals surface area contributed by atoms with Crippen molar-refractivity contribution in [2.75, 3.05) is 0 Å². The van der Waals surface area contributed by atoms with Gasteiger partial charge in [0.1, 0.15) is 0 Å². The third-order valence-corrected chi connectivity index (χ3v) is 3.24. The number of hydrogen-bond acceptors (Lipinski definition) is 4. The van der Waals surface area contributed by atoms with Crippen molar-refractivity contribution in [1.82, 2.24) is 10.1 Å². The number of Topliss-reactive ketones (excluding diaryl/α,β-unsaturated/α-hetero) is 1. The van der Waals surface area contributed by atoms with Crippen molar-refractivity contribution < 1.29 is 9.32 Å². The van der Waals surface area contributed by atoms with Gasteiger partial charge in [-0.1, -0.05) is 31.8 Å². The summed E-state index contributed by atoms with van der Waals surface area (Å²) in [6.45, 7) is 4.19. The highest BCUT2D eigenvalue weighted by atomic mass is 16.5. The molecular weight excluding hydrogens is 216 g/mol. The average molecular weight is 236 g/mol. The predicted molar refractivity (Wildman–Crippen MR) is 63.9 cm³/mol. The second kappa shape index (κ2) is 5.43. The van der Waals surface area contributed by atoms with E-state index in [-0.39, 0.29) is 17.6 Å². The lowest BCUT2D eigenvalue weighted by atomic mass is 9.94. The van der Waals surface area contributed by atoms with Gasteiger partial charge in [0, 0.05) is 11.8 Å². The molecule has 0 N–H and O–H groups in total. The first-order valence-corrected chi connectivity index (χ1v) is 6.64. The lowest BCUT2D eigenvalue weighted by molar-refractivity contribution is 0.0859. The predicted octanol–water partition coefficient (Wildman–Crippen LogP) is 3.35. The molecule has 17 heavy (non-hydrogen) atoms. The van der Waals surface area contributed by atoms with E-state index in [9.17, 15) is 4.79 Å². The normalized spacial score (nSPS) is 15.5. The van der Waals surface area contributed by atoms with E-state index in [0.29, 0.717) is 5.92 Å². The molecule has 0 aromatic carbocycles. The number of ketones is 1. The van der Waals surface area contributed by atoms with Crippen LogP contribution in [0.2, 0.25) is 0 Å². The van der Waals surface area contributed by atoms with E-state index in [1.54, 1.807) is 0 Å². The number of rotatable bonds is 7. The highest BCUT2D eigenvalue weighted by molar-refractivity contribution is 5.93. The molecule has 4 nitrogen and oxygen atoms in total. The molecule has 1 saturated carbocycles. The Hall–Kier alpha value is -1.19. The van der Waals surface area contributed by atoms with Gasteiger partial charge in [-0.25, -0.2) is 0 Å². The molecule has 0 radical (unpaired) electrons. The smallest absolute Gasteiger partial charge is 0.294 e. The molecule has 1 aliphatic carbocycles. The van der Waals surface area contributed by atoms with E-state index < -0.39 is 0 Å². The van der Waals surface area contributed by atoms with Gasteiger partial charge in [-0.2, -0.15) is 4.98 Å². The Morgan fingerprint density at radius 3 is 2.53 bits per heavy atom. The maximum atomic E-state index is 12.2. The Balaban J connectivity index is 2.04. The molecule has 0 saturated heterocycles. The molecule has 0 amide bonds. The monoisotopic (exact) mass is 236 g/mol. The van der Waals surface area contributed by atoms with E-state index in [1.165, 1.54) is 0 Å². The summed E-state index contributed by atoms with van der Waals surface area (Å²) < 4.78 is 5.09. The molecule has 1 aromatic heterocycles. The molecule has 0 atom stereocenters. The van der Waals surface area contributed by atoms with Crippen LogP contribution >= 0.6 is 0 Å². The van der Waals surface area contributed by atoms with Crippen molar-refractivity contribution in [3.63, 3.8) is 0 Å². The van der Waals surface area contributed by atoms with Gasteiger partial charge in [0.25, 0.3) is 5.89 Å². The minimum absolute atomic E-state index is 0.0353. The lowest BCUT2D eigenvalue weighted by Gasteiger charge is -2.10. The number of nitrogens with zero attached hydrogens (tertiary/aromatic N) is 2. The zero-order valence-corrected chi connectivity index (χ0v) is 10.6. The number of carbonyl (C=O) groups excluding carboxylic acids is 1. The average Bonchev–Trinajstić information content (AvgIpc) is 3.06. The second-order valence-corrected chi connectivity index (χ2v) is 4.87. The Labute approximate surface area is 102 Å². The minimum Gasteiger partial charge on any atom is -0.331 e. The Morgan fingerprint density at radius 1 is 1.35 bits per heavy atom. The largest absolute Gasteiger partial charge is 0.331 e. The van der Waals surface area contributed by atoms with Crippen LogP contribution in [-0.2, 0) is 0 Å². The fourth-order valence-electron chi connectivity index (χ4n) is 2.12. The summed E-state index contributed by atoms with van der Waals surface area (Å²) >= 11 is 0. The fraction of sp³-hybridized carbons (Fsp3) is 0.769. The van der Waals surface area contributed by atoms with Gasteiger partial charge in [0.15, 0.2) is 5.82 Å². The van der Waals surface area contributed by atoms with Gasteiger partial charge in [-0.05, 0) is 25.7 Å². The first-order chi connectivity index (χ1) is 8.26. The Kier molecular flexibility index (Phi) is 3.92. The van der Waals surface area contributed by atoms with Crippen LogP contribution < -0.4 is 0 Å². The molecule has 1 fully saturated rings. The standard InChI is InChI=1S/C13H20N2O2/c1-3-5-9(6-4-2)11(16)13-14-12(15-17-13)10-7-8-10/h9-10H,3-8H2,1-2H3. The zero-order valence-electron chi connectivity index (χ0n) is 10.6. The highest BCUT2D eigenvalue weighted by Crippen LogP contribution is 2.38. The SMILES string of the molecule is CCCC(CCC)C(=O)c1nc(C2CC2)no1. The van der Waals surface area contributed by atoms with E-state index in [2.05, 4.69) is 24.0 Å². The van der Waals surface area contributed by atoms with Crippen molar-refractivity contribution in [3.8, 4) is 0 Å². The van der Waals surface area contributed by atoms with Crippen LogP contribution in [0.5, 0.6) is 0 Å². The second-order valence-electron chi connectivity index (χ2n) is 4.87. The number of carbonyl (C=O) groups is 1. The summed E-state index contributed by atoms with van der Waals surface area (Å²) in [5.41, 5.74) is 0. The van der Waals surface area contributed by atoms with Crippen molar-refractivity contribution in [2.24, 2.45) is 5.92 Å². The molecule has 94 valence electrons. The fourth-order valence-corrected chi connectivity index (χ4v) is 2.12. The quantitative estimate of drug-likeness (QED) is 0.681. The molecule has 0 bridgehead atoms. The molecule has 1 aliphatic rings. The molecule has 0 spiro atoms. The first-order valence-electron chi connectivity index (χ1n) is 6.64. The van der Waals surface area contributed by atoms with Crippen LogP contribution in [0.15, 0.2) is 4.52 Å². The zero-order chi connectivity index (χ0) is 12.3. The Morgan fingerprint density at radius 2 is 2.00 bits per heavy atom. The van der Waals surface area contributed by atoms with Gasteiger partial charge in [-0.3, -0.25) is 4.79 Å². The van der Waals surface area contributed by atoms with Crippen LogP contribution in [0.1, 0.15) is 74.8 Å². The van der Waals surface area contributed by atoms with Gasteiger partial charge >= 0.3 is 0 Å². The number of hydrogen-bond donors (Lipinski definition) is 0. The number of aromatic nitrogens is 2. The molecule has 2 rings (SSSR count). The van der Waals surface area contributed by atoms with Crippen LogP contribution in [-0.4, -0.2) is 15.9 Å². The maximum absolute atomic E-state index is 12.2. The van der Waals surface area contributed by atoms with Gasteiger partial charge in [0.2, 0.25) is 5.78 Å². The topological polar surface area (TPSA) is 56.0 Å². The van der Waals surface area contributed by atoms with Crippen LogP contribution in [0.3, 0.4) is 0 Å². The van der Waals surface area contributed by atoms with Crippen molar-refractivity contribution >= 4 is 5.78 Å². The van der Waals surface area contributed by atoms with Crippen molar-refractivity contribution in [2.45, 2.75) is 58.3 Å². The Bertz CT molecular complexity index is 377. The summed E-state index contributed by atoms with van der Waals surface area (Å²) in [4.78, 5) is 16.4. The van der Waals surface area contributed by atoms with Crippen molar-refractivity contribution in [1.29, 1.82) is 0 Å². The van der Waals surface area contributed by atoms with Gasteiger partial charge in [-0.15, -0.1) is 0 Å². The van der Waals surface area contributed by atoms with E-state index >= 15 is 0 Å². The van der Waals surface area contributed by atoms with Crippen LogP contribution in [0.25, 0.3) is 0 Å². The molecule has 1 heterocycles. The minimum atomic E-state index is 0.0353. The summed E-state index contributed by atoms with van der Waals surface area (Å²) in [5, 5.41) is 3.89. The van der Waals surface area contributed by atoms with Crippen LogP contribution in [0, 0.1) is 5.92 Å². The third-order valence-electron chi connectivity index (χ3n) is 3.24. The van der Waals surface area contributed by atoms with E-state index in [0.717, 1.165) is 44.3 Å². The van der Waals surface area contributed by atoms with Gasteiger partial charge in [0.05, 0.1) is 0 Å². The van der Waals surface area contributed by atoms with Crippen LogP contribution in [0.4, 0.5) is 0 Å². The van der Waals surface area contributed by atoms with Crippen molar-refractivity contribution in [3.05, 3.63) is 11.7 Å². The highest BCUT2D eigenvalue weighted by Gasteiger charge is 2.31. The summed E-state index contributed by atoms with van der Waals surface area (Å²) in [5.74, 6) is 1.47. The first kappa shape index (κ1) is 12.3. The van der Waals surface area contributed by atoms with E-state index in [4.69, 9.17) is 4.52 Å². The summed E-state index contributed by atoms with van der Waals surface area (Å²) in [6, 6.07) is 0. The lowest BCUT2D eigenvalue weighted by Crippen LogP contribution is -2.15. The molecule has 4 heteroatoms. The summed E-state index contributed by atoms with van der Waals surface area (Å²) in [6.07, 6.45) is 6.10. The molecule has 1 aromatic rings. The molecule has 0 unspecified atom stereocenters.